The molecule has 0 spiro atoms. The van der Waals surface area contributed by atoms with E-state index >= 15 is 0 Å². The minimum Gasteiger partial charge on any atom is -0.756 e. The Morgan fingerprint density at radius 2 is 0.514 bits per heavy atom. The van der Waals surface area contributed by atoms with Crippen LogP contribution in [0.5, 0.6) is 0 Å². The molecule has 1 fully saturated rings. The fourth-order valence-electron chi connectivity index (χ4n) is 2.79. The molecule has 0 aromatic carbocycles. The number of hydrogen-bond donors (Lipinski definition) is 11. The van der Waals surface area contributed by atoms with Crippen LogP contribution in [-0.2, 0) is 54.5 Å². The molecule has 0 bridgehead atoms. The summed E-state index contributed by atoms with van der Waals surface area (Å²) in [4.78, 5) is 112. The zero-order valence-electron chi connectivity index (χ0n) is 17.4. The third kappa shape index (κ3) is 15.9. The van der Waals surface area contributed by atoms with Crippen LogP contribution < -0.4 is 56.3 Å². The van der Waals surface area contributed by atoms with Crippen LogP contribution >= 0.6 is 46.9 Å². The van der Waals surface area contributed by atoms with Crippen LogP contribution in [0.3, 0.4) is 0 Å². The summed E-state index contributed by atoms with van der Waals surface area (Å²) in [7, 11) is -36.4. The summed E-state index contributed by atoms with van der Waals surface area (Å²) in [5, 5.41) is 0. The molecule has 1 aliphatic rings. The monoisotopic (exact) mass is 698 g/mol. The molecule has 7 atom stereocenters. The zero-order valence-corrected chi connectivity index (χ0v) is 25.9. The van der Waals surface area contributed by atoms with Gasteiger partial charge >= 0.3 is 90.5 Å². The van der Waals surface area contributed by atoms with E-state index in [2.05, 4.69) is 27.1 Å². The van der Waals surface area contributed by atoms with Crippen LogP contribution in [-0.4, -0.2) is 90.5 Å². The zero-order chi connectivity index (χ0) is 28.7. The molecule has 1 saturated carbocycles. The van der Waals surface area contributed by atoms with Crippen LogP contribution in [0, 0.1) is 0 Å². The Morgan fingerprint density at radius 1 is 0.378 bits per heavy atom. The maximum Gasteiger partial charge on any atom is 1.00 e. The first-order valence-electron chi connectivity index (χ1n) is 7.99. The minimum absolute atomic E-state index is 0. The van der Waals surface area contributed by atoms with Crippen molar-refractivity contribution < 1.29 is 165 Å². The first-order chi connectivity index (χ1) is 15.6. The van der Waals surface area contributed by atoms with Gasteiger partial charge in [-0.25, -0.2) is 22.8 Å². The van der Waals surface area contributed by atoms with Gasteiger partial charge < -0.3 is 63.2 Å². The van der Waals surface area contributed by atoms with Gasteiger partial charge in [0.15, 0.2) is 0 Å². The SMILES string of the molecule is O=P([O-])(O)O[C@@H]1[C@@H](OP(=O)(O)O)[C@H](OP(=O)(O)O)[C@@H](OP(=O)(O)O)[C@H](OP(=O)(O)O)[C@@H]1OP(=O)(O)O.[K+]. The molecule has 0 heterocycles. The Hall–Kier alpha value is 2.30. The first-order valence-corrected chi connectivity index (χ1v) is 17.1. The van der Waals surface area contributed by atoms with Crippen molar-refractivity contribution >= 4 is 46.9 Å². The van der Waals surface area contributed by atoms with E-state index in [0.29, 0.717) is 0 Å². The Kier molecular flexibility index (Phi) is 14.6. The van der Waals surface area contributed by atoms with E-state index < -0.39 is 83.6 Å². The molecule has 24 nitrogen and oxygen atoms in total. The summed E-state index contributed by atoms with van der Waals surface area (Å²) >= 11 is 0. The van der Waals surface area contributed by atoms with Crippen LogP contribution in [0.15, 0.2) is 0 Å². The van der Waals surface area contributed by atoms with Gasteiger partial charge in [0.25, 0.3) is 7.82 Å². The molecule has 1 unspecified atom stereocenters. The standard InChI is InChI=1S/C6H18O24P6.K/c7-31(8,9)25-1-2(26-32(10,11)12)4(28-34(16,17)18)6(30-36(22,23)24)5(29-35(19,20)21)3(1)27-33(13,14)15;/h1-6H,(H2,7,8,9)(H2,10,11,12)(H2,13,14,15)(H2,16,17,18)(H2,19,20,21)(H2,22,23,24);/q;+1/p-1/t1-,2-,3-,4+,5-,6-;. The quantitative estimate of drug-likeness (QED) is 0.0666. The van der Waals surface area contributed by atoms with E-state index in [1.54, 1.807) is 0 Å². The van der Waals surface area contributed by atoms with Crippen molar-refractivity contribution in [3.63, 3.8) is 0 Å². The predicted octanol–water partition coefficient (Wildman–Crippen LogP) is -6.76. The van der Waals surface area contributed by atoms with Crippen molar-refractivity contribution in [1.29, 1.82) is 0 Å². The van der Waals surface area contributed by atoms with Gasteiger partial charge in [-0.3, -0.25) is 27.2 Å². The molecule has 1 aliphatic carbocycles. The molecule has 0 aromatic heterocycles. The van der Waals surface area contributed by atoms with Crippen molar-refractivity contribution in [1.82, 2.24) is 0 Å². The molecule has 216 valence electrons. The Morgan fingerprint density at radius 3 is 0.622 bits per heavy atom. The van der Waals surface area contributed by atoms with Crippen LogP contribution in [0.2, 0.25) is 0 Å². The van der Waals surface area contributed by atoms with Crippen LogP contribution in [0.1, 0.15) is 0 Å². The van der Waals surface area contributed by atoms with Gasteiger partial charge in [0.1, 0.15) is 36.6 Å². The maximum absolute atomic E-state index is 11.4. The average Bonchev–Trinajstić information content (AvgIpc) is 2.51. The summed E-state index contributed by atoms with van der Waals surface area (Å²) in [6.45, 7) is 0. The van der Waals surface area contributed by atoms with E-state index in [1.165, 1.54) is 0 Å². The van der Waals surface area contributed by atoms with E-state index in [9.17, 15) is 32.3 Å². The molecule has 31 heteroatoms. The first kappa shape index (κ1) is 39.3. The molecule has 0 amide bonds. The molecule has 0 aliphatic heterocycles. The second-order valence-corrected chi connectivity index (χ2v) is 13.4. The molecule has 0 radical (unpaired) electrons. The molecule has 1 rings (SSSR count). The smallest absolute Gasteiger partial charge is 0.756 e. The summed E-state index contributed by atoms with van der Waals surface area (Å²) in [5.41, 5.74) is 0. The van der Waals surface area contributed by atoms with Gasteiger partial charge in [0, 0.05) is 0 Å². The Labute approximate surface area is 246 Å². The largest absolute Gasteiger partial charge is 1.00 e. The molecular weight excluding hydrogens is 681 g/mol. The van der Waals surface area contributed by atoms with Crippen molar-refractivity contribution in [3.05, 3.63) is 0 Å². The van der Waals surface area contributed by atoms with E-state index in [1.807, 2.05) is 0 Å². The fourth-order valence-corrected chi connectivity index (χ4v) is 6.12. The number of rotatable bonds is 12. The maximum atomic E-state index is 11.4. The van der Waals surface area contributed by atoms with Gasteiger partial charge in [-0.2, -0.15) is 0 Å². The van der Waals surface area contributed by atoms with Crippen molar-refractivity contribution in [3.8, 4) is 0 Å². The Balaban J connectivity index is 0.0000130. The van der Waals surface area contributed by atoms with Crippen molar-refractivity contribution in [2.24, 2.45) is 0 Å². The van der Waals surface area contributed by atoms with Crippen LogP contribution in [0.4, 0.5) is 0 Å². The second kappa shape index (κ2) is 13.7. The van der Waals surface area contributed by atoms with Gasteiger partial charge in [-0.05, 0) is 0 Å². The molecule has 37 heavy (non-hydrogen) atoms. The molecule has 11 N–H and O–H groups in total. The minimum atomic E-state index is -6.27. The average molecular weight is 698 g/mol. The normalized spacial score (nSPS) is 29.8. The van der Waals surface area contributed by atoms with Crippen LogP contribution in [0.25, 0.3) is 0 Å². The third-order valence-corrected chi connectivity index (χ3v) is 6.59. The van der Waals surface area contributed by atoms with Gasteiger partial charge in [0.05, 0.1) is 0 Å². The second-order valence-electron chi connectivity index (χ2n) is 6.34. The topological polar surface area (TPSA) is 403 Å². The van der Waals surface area contributed by atoms with Crippen molar-refractivity contribution in [2.75, 3.05) is 0 Å². The fraction of sp³-hybridized carbons (Fsp3) is 1.00. The number of phosphoric acid groups is 6. The third-order valence-electron chi connectivity index (χ3n) is 3.49. The summed E-state index contributed by atoms with van der Waals surface area (Å²) in [6, 6.07) is 0. The van der Waals surface area contributed by atoms with Gasteiger partial charge in [0.2, 0.25) is 0 Å². The van der Waals surface area contributed by atoms with E-state index in [4.69, 9.17) is 53.8 Å². The van der Waals surface area contributed by atoms with Gasteiger partial charge in [-0.15, -0.1) is 0 Å². The van der Waals surface area contributed by atoms with E-state index in [0.717, 1.165) is 0 Å². The van der Waals surface area contributed by atoms with Gasteiger partial charge in [-0.1, -0.05) is 0 Å². The number of hydrogen-bond acceptors (Lipinski definition) is 13. The Bertz CT molecular complexity index is 824. The summed E-state index contributed by atoms with van der Waals surface area (Å²) in [5.74, 6) is 0. The molecule has 0 saturated heterocycles. The number of phosphoric ester groups is 6. The van der Waals surface area contributed by atoms with E-state index in [-0.39, 0.29) is 51.4 Å². The summed E-state index contributed by atoms with van der Waals surface area (Å²) < 4.78 is 92.7. The molecular formula is C6H17KO24P6. The summed E-state index contributed by atoms with van der Waals surface area (Å²) in [6.07, 6.45) is -19.1. The molecule has 0 aromatic rings. The van der Waals surface area contributed by atoms with Crippen molar-refractivity contribution in [2.45, 2.75) is 36.6 Å². The predicted molar refractivity (Wildman–Crippen MR) is 99.3 cm³/mol.